The molecular weight excluding hydrogens is 298 g/mol. The van der Waals surface area contributed by atoms with Gasteiger partial charge in [0.2, 0.25) is 0 Å². The zero-order valence-corrected chi connectivity index (χ0v) is 15.6. The first-order valence-corrected chi connectivity index (χ1v) is 9.49. The van der Waals surface area contributed by atoms with Crippen LogP contribution in [0.25, 0.3) is 0 Å². The number of likely N-dealkylation sites (tertiary alicyclic amines) is 1. The number of hydrogen-bond donors (Lipinski definition) is 0. The van der Waals surface area contributed by atoms with E-state index in [2.05, 4.69) is 41.7 Å². The number of nitrogens with zero attached hydrogens (tertiary/aromatic N) is 3. The maximum Gasteiger partial charge on any atom is 0.0702 e. The maximum atomic E-state index is 6.28. The van der Waals surface area contributed by atoms with Crippen molar-refractivity contribution in [3.05, 3.63) is 30.1 Å². The van der Waals surface area contributed by atoms with Gasteiger partial charge in [-0.1, -0.05) is 6.07 Å². The highest BCUT2D eigenvalue weighted by molar-refractivity contribution is 5.08. The van der Waals surface area contributed by atoms with Crippen LogP contribution in [0.3, 0.4) is 0 Å². The number of likely N-dealkylation sites (N-methyl/N-ethyl adjacent to an activating group) is 1. The summed E-state index contributed by atoms with van der Waals surface area (Å²) in [5, 5.41) is 0. The van der Waals surface area contributed by atoms with Gasteiger partial charge in [-0.2, -0.15) is 0 Å². The lowest BCUT2D eigenvalue weighted by Gasteiger charge is -2.46. The van der Waals surface area contributed by atoms with Gasteiger partial charge in [-0.25, -0.2) is 0 Å². The Bertz CT molecular complexity index is 487. The molecule has 1 aromatic heterocycles. The summed E-state index contributed by atoms with van der Waals surface area (Å²) < 4.78 is 6.28. The molecule has 3 heterocycles. The monoisotopic (exact) mass is 331 g/mol. The van der Waals surface area contributed by atoms with Crippen LogP contribution in [0.4, 0.5) is 0 Å². The summed E-state index contributed by atoms with van der Waals surface area (Å²) in [7, 11) is 2.20. The van der Waals surface area contributed by atoms with Gasteiger partial charge in [0.1, 0.15) is 0 Å². The van der Waals surface area contributed by atoms with Gasteiger partial charge in [0.05, 0.1) is 12.7 Å². The third-order valence-electron chi connectivity index (χ3n) is 6.04. The molecule has 0 aromatic carbocycles. The predicted octanol–water partition coefficient (Wildman–Crippen LogP) is 3.18. The topological polar surface area (TPSA) is 28.6 Å². The average molecular weight is 332 g/mol. The molecular formula is C20H33N3O. The summed E-state index contributed by atoms with van der Waals surface area (Å²) in [6.45, 7) is 9.95. The van der Waals surface area contributed by atoms with Gasteiger partial charge >= 0.3 is 0 Å². The van der Waals surface area contributed by atoms with E-state index in [0.29, 0.717) is 17.6 Å². The van der Waals surface area contributed by atoms with Crippen LogP contribution in [0, 0.1) is 5.41 Å². The molecule has 2 aliphatic rings. The molecule has 0 amide bonds. The van der Waals surface area contributed by atoms with Crippen molar-refractivity contribution in [3.8, 4) is 0 Å². The first kappa shape index (κ1) is 17.8. The van der Waals surface area contributed by atoms with Crippen LogP contribution in [0.2, 0.25) is 0 Å². The Labute approximate surface area is 147 Å². The second-order valence-corrected chi connectivity index (χ2v) is 8.14. The molecule has 4 heteroatoms. The molecule has 0 saturated carbocycles. The van der Waals surface area contributed by atoms with Crippen LogP contribution in [-0.4, -0.2) is 60.2 Å². The molecule has 1 atom stereocenters. The minimum Gasteiger partial charge on any atom is -0.376 e. The fraction of sp³-hybridized carbons (Fsp3) is 0.750. The molecule has 4 nitrogen and oxygen atoms in total. The van der Waals surface area contributed by atoms with Gasteiger partial charge < -0.3 is 9.64 Å². The summed E-state index contributed by atoms with van der Waals surface area (Å²) in [5.74, 6) is 0. The Balaban J connectivity index is 1.43. The summed E-state index contributed by atoms with van der Waals surface area (Å²) in [4.78, 5) is 9.20. The van der Waals surface area contributed by atoms with Crippen molar-refractivity contribution in [1.82, 2.24) is 14.8 Å². The Morgan fingerprint density at radius 1 is 1.33 bits per heavy atom. The summed E-state index contributed by atoms with van der Waals surface area (Å²) >= 11 is 0. The number of rotatable bonds is 5. The van der Waals surface area contributed by atoms with Crippen LogP contribution < -0.4 is 0 Å². The molecule has 0 unspecified atom stereocenters. The highest BCUT2D eigenvalue weighted by atomic mass is 16.5. The fourth-order valence-electron chi connectivity index (χ4n) is 3.92. The zero-order valence-electron chi connectivity index (χ0n) is 15.6. The van der Waals surface area contributed by atoms with E-state index in [9.17, 15) is 0 Å². The SMILES string of the molecule is CC(C)N(C)C[C@@H]1CCC2(CCN(Cc3cccnc3)CC2)CO1. The molecule has 2 saturated heterocycles. The van der Waals surface area contributed by atoms with Crippen LogP contribution >= 0.6 is 0 Å². The minimum absolute atomic E-state index is 0.427. The van der Waals surface area contributed by atoms with Crippen molar-refractivity contribution in [3.63, 3.8) is 0 Å². The van der Waals surface area contributed by atoms with Crippen molar-refractivity contribution >= 4 is 0 Å². The molecule has 0 N–H and O–H groups in total. The predicted molar refractivity (Wildman–Crippen MR) is 97.9 cm³/mol. The van der Waals surface area contributed by atoms with Gasteiger partial charge in [0.25, 0.3) is 0 Å². The van der Waals surface area contributed by atoms with E-state index in [4.69, 9.17) is 4.74 Å². The van der Waals surface area contributed by atoms with E-state index < -0.39 is 0 Å². The molecule has 1 aromatic rings. The van der Waals surface area contributed by atoms with Crippen LogP contribution in [0.15, 0.2) is 24.5 Å². The quantitative estimate of drug-likeness (QED) is 0.828. The van der Waals surface area contributed by atoms with Crippen molar-refractivity contribution < 1.29 is 4.74 Å². The lowest BCUT2D eigenvalue weighted by molar-refractivity contribution is -0.0946. The second kappa shape index (κ2) is 7.94. The van der Waals surface area contributed by atoms with Gasteiger partial charge in [0.15, 0.2) is 0 Å². The van der Waals surface area contributed by atoms with E-state index >= 15 is 0 Å². The molecule has 0 radical (unpaired) electrons. The number of hydrogen-bond acceptors (Lipinski definition) is 4. The van der Waals surface area contributed by atoms with Gasteiger partial charge in [-0.15, -0.1) is 0 Å². The van der Waals surface area contributed by atoms with Gasteiger partial charge in [0, 0.05) is 31.5 Å². The number of pyridine rings is 1. The first-order valence-electron chi connectivity index (χ1n) is 9.49. The number of ether oxygens (including phenoxy) is 1. The van der Waals surface area contributed by atoms with E-state index in [1.165, 1.54) is 44.3 Å². The molecule has 2 fully saturated rings. The Morgan fingerprint density at radius 2 is 2.12 bits per heavy atom. The highest BCUT2D eigenvalue weighted by Crippen LogP contribution is 2.40. The summed E-state index contributed by atoms with van der Waals surface area (Å²) in [5.41, 5.74) is 1.77. The summed E-state index contributed by atoms with van der Waals surface area (Å²) in [6.07, 6.45) is 9.38. The Kier molecular flexibility index (Phi) is 5.90. The van der Waals surface area contributed by atoms with Crippen molar-refractivity contribution in [2.24, 2.45) is 5.41 Å². The van der Waals surface area contributed by atoms with Crippen LogP contribution in [0.5, 0.6) is 0 Å². The third-order valence-corrected chi connectivity index (χ3v) is 6.04. The van der Waals surface area contributed by atoms with Crippen molar-refractivity contribution in [2.45, 2.75) is 58.2 Å². The van der Waals surface area contributed by atoms with Gasteiger partial charge in [-0.05, 0) is 76.7 Å². The Morgan fingerprint density at radius 3 is 2.71 bits per heavy atom. The fourth-order valence-corrected chi connectivity index (χ4v) is 3.92. The van der Waals surface area contributed by atoms with E-state index in [1.807, 2.05) is 18.5 Å². The van der Waals surface area contributed by atoms with Crippen molar-refractivity contribution in [2.75, 3.05) is 33.3 Å². The smallest absolute Gasteiger partial charge is 0.0702 e. The lowest BCUT2D eigenvalue weighted by atomic mass is 9.73. The molecule has 3 rings (SSSR count). The van der Waals surface area contributed by atoms with E-state index in [1.54, 1.807) is 0 Å². The third kappa shape index (κ3) is 4.56. The van der Waals surface area contributed by atoms with Crippen LogP contribution in [-0.2, 0) is 11.3 Å². The normalized spacial score (nSPS) is 24.8. The molecule has 1 spiro atoms. The van der Waals surface area contributed by atoms with Crippen molar-refractivity contribution in [1.29, 1.82) is 0 Å². The van der Waals surface area contributed by atoms with Crippen LogP contribution in [0.1, 0.15) is 45.1 Å². The molecule has 0 bridgehead atoms. The molecule has 24 heavy (non-hydrogen) atoms. The molecule has 0 aliphatic carbocycles. The Hall–Kier alpha value is -0.970. The number of aromatic nitrogens is 1. The highest BCUT2D eigenvalue weighted by Gasteiger charge is 2.39. The largest absolute Gasteiger partial charge is 0.376 e. The maximum absolute atomic E-state index is 6.28. The zero-order chi connectivity index (χ0) is 17.0. The molecule has 134 valence electrons. The second-order valence-electron chi connectivity index (χ2n) is 8.14. The minimum atomic E-state index is 0.427. The molecule has 2 aliphatic heterocycles. The lowest BCUT2D eigenvalue weighted by Crippen LogP contribution is -2.47. The van der Waals surface area contributed by atoms with E-state index in [-0.39, 0.29) is 0 Å². The first-order chi connectivity index (χ1) is 11.6. The van der Waals surface area contributed by atoms with E-state index in [0.717, 1.165) is 19.7 Å². The van der Waals surface area contributed by atoms with Gasteiger partial charge in [-0.3, -0.25) is 9.88 Å². The standard InChI is InChI=1S/C20H33N3O/c1-17(2)22(3)15-19-6-7-20(16-24-19)8-11-23(12-9-20)14-18-5-4-10-21-13-18/h4-5,10,13,17,19H,6-9,11-12,14-16H2,1-3H3/t19-/m0/s1. The summed E-state index contributed by atoms with van der Waals surface area (Å²) in [6, 6.07) is 4.81. The number of piperidine rings is 1. The average Bonchev–Trinajstić information content (AvgIpc) is 2.60.